The van der Waals surface area contributed by atoms with Gasteiger partial charge in [0.25, 0.3) is 0 Å². The fourth-order valence-corrected chi connectivity index (χ4v) is 8.70. The average molecular weight is 720 g/mol. The Hall–Kier alpha value is -7.10. The van der Waals surface area contributed by atoms with Gasteiger partial charge in [-0.25, -0.2) is 0 Å². The zero-order valence-electron chi connectivity index (χ0n) is 31.2. The highest BCUT2D eigenvalue weighted by Crippen LogP contribution is 2.55. The van der Waals surface area contributed by atoms with Crippen LogP contribution in [0.1, 0.15) is 25.0 Å². The van der Waals surface area contributed by atoms with Gasteiger partial charge in [0.2, 0.25) is 0 Å². The average Bonchev–Trinajstić information content (AvgIpc) is 3.47. The smallest absolute Gasteiger partial charge is 0.170 e. The molecule has 0 radical (unpaired) electrons. The first-order valence-corrected chi connectivity index (χ1v) is 19.2. The lowest BCUT2D eigenvalue weighted by Crippen LogP contribution is -2.15. The molecule has 0 N–H and O–H groups in total. The fraction of sp³-hybridized carbons (Fsp3) is 0.0566. The van der Waals surface area contributed by atoms with Gasteiger partial charge in [0.1, 0.15) is 0 Å². The summed E-state index contributed by atoms with van der Waals surface area (Å²) in [6, 6.07) is 67.3. The van der Waals surface area contributed by atoms with Crippen LogP contribution in [0.25, 0.3) is 54.9 Å². The minimum atomic E-state index is -0.106. The molecule has 0 saturated carbocycles. The number of anilines is 3. The number of fused-ring (bicyclic) bond motifs is 7. The van der Waals surface area contributed by atoms with Crippen LogP contribution in [0.5, 0.6) is 23.0 Å². The minimum absolute atomic E-state index is 0.106. The molecule has 9 aromatic carbocycles. The molecule has 2 aliphatic rings. The maximum Gasteiger partial charge on any atom is 0.170 e. The second kappa shape index (κ2) is 12.5. The van der Waals surface area contributed by atoms with Crippen molar-refractivity contribution in [2.45, 2.75) is 19.3 Å². The van der Waals surface area contributed by atoms with Crippen LogP contribution in [-0.2, 0) is 5.41 Å². The summed E-state index contributed by atoms with van der Waals surface area (Å²) >= 11 is 0. The van der Waals surface area contributed by atoms with Crippen LogP contribution in [0.3, 0.4) is 0 Å². The second-order valence-electron chi connectivity index (χ2n) is 15.4. The molecule has 0 atom stereocenters. The molecule has 1 heterocycles. The van der Waals surface area contributed by atoms with Crippen molar-refractivity contribution < 1.29 is 9.47 Å². The lowest BCUT2D eigenvalue weighted by atomic mass is 9.82. The third kappa shape index (κ3) is 5.27. The highest BCUT2D eigenvalue weighted by atomic mass is 16.6. The Labute approximate surface area is 326 Å². The normalized spacial score (nSPS) is 13.2. The van der Waals surface area contributed by atoms with Gasteiger partial charge in [-0.15, -0.1) is 0 Å². The quantitative estimate of drug-likeness (QED) is 0.177. The molecular weight excluding hydrogens is 683 g/mol. The molecular formula is C53H37NO2. The van der Waals surface area contributed by atoms with Crippen LogP contribution >= 0.6 is 0 Å². The molecule has 3 nitrogen and oxygen atoms in total. The lowest BCUT2D eigenvalue weighted by molar-refractivity contribution is 0.359. The second-order valence-corrected chi connectivity index (χ2v) is 15.4. The van der Waals surface area contributed by atoms with E-state index in [-0.39, 0.29) is 5.41 Å². The van der Waals surface area contributed by atoms with Crippen LogP contribution in [0.4, 0.5) is 17.1 Å². The molecule has 0 saturated heterocycles. The molecule has 9 aromatic rings. The number of hydrogen-bond acceptors (Lipinski definition) is 3. The zero-order valence-corrected chi connectivity index (χ0v) is 31.2. The van der Waals surface area contributed by atoms with Crippen molar-refractivity contribution >= 4 is 38.6 Å². The van der Waals surface area contributed by atoms with Gasteiger partial charge in [-0.05, 0) is 133 Å². The van der Waals surface area contributed by atoms with Gasteiger partial charge in [0.15, 0.2) is 23.0 Å². The topological polar surface area (TPSA) is 21.7 Å². The summed E-state index contributed by atoms with van der Waals surface area (Å²) in [5.41, 5.74) is 12.8. The molecule has 56 heavy (non-hydrogen) atoms. The van der Waals surface area contributed by atoms with Gasteiger partial charge in [-0.1, -0.05) is 135 Å². The molecule has 0 spiro atoms. The number of benzene rings is 9. The van der Waals surface area contributed by atoms with E-state index in [1.54, 1.807) is 0 Å². The van der Waals surface area contributed by atoms with E-state index in [0.717, 1.165) is 45.4 Å². The number of hydrogen-bond donors (Lipinski definition) is 0. The summed E-state index contributed by atoms with van der Waals surface area (Å²) in [7, 11) is 0. The number of ether oxygens (including phenoxy) is 2. The maximum atomic E-state index is 6.60. The van der Waals surface area contributed by atoms with Crippen molar-refractivity contribution in [3.05, 3.63) is 199 Å². The summed E-state index contributed by atoms with van der Waals surface area (Å²) in [6.07, 6.45) is 0. The van der Waals surface area contributed by atoms with Crippen LogP contribution < -0.4 is 14.4 Å². The van der Waals surface area contributed by atoms with Gasteiger partial charge >= 0.3 is 0 Å². The van der Waals surface area contributed by atoms with Gasteiger partial charge in [-0.2, -0.15) is 0 Å². The molecule has 266 valence electrons. The van der Waals surface area contributed by atoms with E-state index in [1.807, 2.05) is 6.07 Å². The summed E-state index contributed by atoms with van der Waals surface area (Å²) in [5.74, 6) is 2.94. The predicted octanol–water partition coefficient (Wildman–Crippen LogP) is 15.0. The van der Waals surface area contributed by atoms with E-state index < -0.39 is 0 Å². The Kier molecular flexibility index (Phi) is 7.20. The first-order valence-electron chi connectivity index (χ1n) is 19.2. The molecule has 3 heteroatoms. The summed E-state index contributed by atoms with van der Waals surface area (Å²) in [5, 5.41) is 4.83. The standard InChI is InChI=1S/C53H37NO2/c1-53(2)47-15-9-8-14-45(47)46-32-51-52(33-48(46)53)55-49-27-22-41(31-50(49)56-51)36-18-23-42(24-19-36)54(43-25-20-35-12-6-7-13-37(35)29-43)44-26-21-39-28-38(16-17-40(39)30-44)34-10-4-3-5-11-34/h3-33H,1-2H3. The Bertz CT molecular complexity index is 3000. The largest absolute Gasteiger partial charge is 0.450 e. The monoisotopic (exact) mass is 719 g/mol. The lowest BCUT2D eigenvalue weighted by Gasteiger charge is -2.27. The SMILES string of the molecule is CC1(C)c2ccccc2-c2cc3c(cc21)Oc1ccc(-c2ccc(N(c4ccc5ccccc5c4)c4ccc5cc(-c6ccccc6)ccc5c4)cc2)cc1O3. The van der Waals surface area contributed by atoms with E-state index in [0.29, 0.717) is 5.75 Å². The Morgan fingerprint density at radius 1 is 0.339 bits per heavy atom. The molecule has 11 rings (SSSR count). The van der Waals surface area contributed by atoms with Crippen molar-refractivity contribution in [2.24, 2.45) is 0 Å². The van der Waals surface area contributed by atoms with Crippen LogP contribution in [0.2, 0.25) is 0 Å². The Morgan fingerprint density at radius 2 is 0.875 bits per heavy atom. The van der Waals surface area contributed by atoms with Crippen LogP contribution in [0.15, 0.2) is 188 Å². The van der Waals surface area contributed by atoms with Gasteiger partial charge in [0.05, 0.1) is 0 Å². The van der Waals surface area contributed by atoms with Gasteiger partial charge < -0.3 is 14.4 Å². The number of rotatable bonds is 5. The van der Waals surface area contributed by atoms with Crippen LogP contribution in [0, 0.1) is 0 Å². The summed E-state index contributed by atoms with van der Waals surface area (Å²) in [4.78, 5) is 2.35. The van der Waals surface area contributed by atoms with Gasteiger partial charge in [-0.3, -0.25) is 0 Å². The molecule has 0 amide bonds. The molecule has 0 unspecified atom stereocenters. The first kappa shape index (κ1) is 32.3. The molecule has 0 bridgehead atoms. The van der Waals surface area contributed by atoms with E-state index in [9.17, 15) is 0 Å². The van der Waals surface area contributed by atoms with E-state index >= 15 is 0 Å². The molecule has 1 aliphatic carbocycles. The highest BCUT2D eigenvalue weighted by molar-refractivity contribution is 5.94. The first-order chi connectivity index (χ1) is 27.5. The third-order valence-electron chi connectivity index (χ3n) is 11.7. The Balaban J connectivity index is 0.937. The predicted molar refractivity (Wildman–Crippen MR) is 231 cm³/mol. The molecule has 1 aliphatic heterocycles. The van der Waals surface area contributed by atoms with Crippen molar-refractivity contribution in [1.29, 1.82) is 0 Å². The molecule has 0 aromatic heterocycles. The van der Waals surface area contributed by atoms with E-state index in [4.69, 9.17) is 9.47 Å². The van der Waals surface area contributed by atoms with E-state index in [2.05, 4.69) is 201 Å². The third-order valence-corrected chi connectivity index (χ3v) is 11.7. The maximum absolute atomic E-state index is 6.60. The van der Waals surface area contributed by atoms with Crippen molar-refractivity contribution in [2.75, 3.05) is 4.90 Å². The number of nitrogens with zero attached hydrogens (tertiary/aromatic N) is 1. The van der Waals surface area contributed by atoms with Crippen LogP contribution in [-0.4, -0.2) is 0 Å². The summed E-state index contributed by atoms with van der Waals surface area (Å²) < 4.78 is 13.1. The summed E-state index contributed by atoms with van der Waals surface area (Å²) in [6.45, 7) is 4.56. The zero-order chi connectivity index (χ0) is 37.4. The minimum Gasteiger partial charge on any atom is -0.450 e. The van der Waals surface area contributed by atoms with Crippen molar-refractivity contribution in [3.8, 4) is 56.4 Å². The van der Waals surface area contributed by atoms with Gasteiger partial charge in [0, 0.05) is 22.5 Å². The van der Waals surface area contributed by atoms with E-state index in [1.165, 1.54) is 54.9 Å². The van der Waals surface area contributed by atoms with Crippen molar-refractivity contribution in [1.82, 2.24) is 0 Å². The molecule has 0 fully saturated rings. The van der Waals surface area contributed by atoms with Crippen molar-refractivity contribution in [3.63, 3.8) is 0 Å². The highest BCUT2D eigenvalue weighted by Gasteiger charge is 2.37. The Morgan fingerprint density at radius 3 is 1.70 bits per heavy atom. The fourth-order valence-electron chi connectivity index (χ4n) is 8.70.